The van der Waals surface area contributed by atoms with Gasteiger partial charge in [-0.1, -0.05) is 159 Å². The highest BCUT2D eigenvalue weighted by Crippen LogP contribution is 2.19. The van der Waals surface area contributed by atoms with Crippen molar-refractivity contribution in [3.63, 3.8) is 0 Å². The molecule has 0 saturated carbocycles. The van der Waals surface area contributed by atoms with Crippen molar-refractivity contribution in [3.05, 3.63) is 60.8 Å². The maximum absolute atomic E-state index is 13.5. The summed E-state index contributed by atoms with van der Waals surface area (Å²) in [5.41, 5.74) is 0. The van der Waals surface area contributed by atoms with E-state index < -0.39 is 0 Å². The molecular formula is C50H92N2O2. The molecule has 0 aliphatic heterocycles. The summed E-state index contributed by atoms with van der Waals surface area (Å²) >= 11 is 0. The Morgan fingerprint density at radius 1 is 0.444 bits per heavy atom. The van der Waals surface area contributed by atoms with Gasteiger partial charge in [-0.15, -0.1) is 0 Å². The molecule has 314 valence electrons. The SMILES string of the molecule is CC/C=C\CCCN(CCCN(C)C)C(=O)OC(CCCCCCC/C=C\C/C=C\CCCCC)CCCCCCCCC/C=C\C/C=C\CCCCC. The van der Waals surface area contributed by atoms with Crippen molar-refractivity contribution in [2.75, 3.05) is 33.7 Å². The van der Waals surface area contributed by atoms with Crippen LogP contribution in [0.25, 0.3) is 0 Å². The average Bonchev–Trinajstić information content (AvgIpc) is 3.16. The first-order valence-electron chi connectivity index (χ1n) is 23.4. The van der Waals surface area contributed by atoms with Crippen LogP contribution in [0, 0.1) is 0 Å². The molecule has 0 rings (SSSR count). The van der Waals surface area contributed by atoms with Gasteiger partial charge in [0, 0.05) is 13.1 Å². The molecule has 4 heteroatoms. The zero-order valence-corrected chi connectivity index (χ0v) is 36.9. The fourth-order valence-electron chi connectivity index (χ4n) is 6.76. The highest BCUT2D eigenvalue weighted by Gasteiger charge is 2.20. The lowest BCUT2D eigenvalue weighted by molar-refractivity contribution is 0.0515. The minimum absolute atomic E-state index is 0.0461. The summed E-state index contributed by atoms with van der Waals surface area (Å²) in [7, 11) is 4.21. The van der Waals surface area contributed by atoms with Gasteiger partial charge in [-0.05, 0) is 136 Å². The van der Waals surface area contributed by atoms with E-state index in [-0.39, 0.29) is 12.2 Å². The number of ether oxygens (including phenoxy) is 1. The quantitative estimate of drug-likeness (QED) is 0.0461. The van der Waals surface area contributed by atoms with Crippen molar-refractivity contribution in [1.82, 2.24) is 9.80 Å². The van der Waals surface area contributed by atoms with E-state index in [1.54, 1.807) is 0 Å². The number of hydrogen-bond donors (Lipinski definition) is 0. The highest BCUT2D eigenvalue weighted by molar-refractivity contribution is 5.67. The fraction of sp³-hybridized carbons (Fsp3) is 0.780. The topological polar surface area (TPSA) is 32.8 Å². The lowest BCUT2D eigenvalue weighted by Crippen LogP contribution is -2.37. The largest absolute Gasteiger partial charge is 0.446 e. The van der Waals surface area contributed by atoms with Gasteiger partial charge in [0.05, 0.1) is 0 Å². The molecular weight excluding hydrogens is 661 g/mol. The van der Waals surface area contributed by atoms with E-state index in [1.807, 2.05) is 4.90 Å². The van der Waals surface area contributed by atoms with E-state index in [9.17, 15) is 4.79 Å². The minimum Gasteiger partial charge on any atom is -0.446 e. The Morgan fingerprint density at radius 3 is 1.28 bits per heavy atom. The van der Waals surface area contributed by atoms with Crippen molar-refractivity contribution in [1.29, 1.82) is 0 Å². The molecule has 54 heavy (non-hydrogen) atoms. The normalized spacial score (nSPS) is 12.9. The number of amides is 1. The molecule has 0 saturated heterocycles. The van der Waals surface area contributed by atoms with E-state index in [0.717, 1.165) is 83.8 Å². The summed E-state index contributed by atoms with van der Waals surface area (Å²) in [4.78, 5) is 17.7. The maximum atomic E-state index is 13.5. The van der Waals surface area contributed by atoms with E-state index in [2.05, 4.69) is 101 Å². The molecule has 1 atom stereocenters. The minimum atomic E-state index is -0.0853. The number of hydrogen-bond acceptors (Lipinski definition) is 3. The van der Waals surface area contributed by atoms with Crippen LogP contribution in [-0.2, 0) is 4.74 Å². The molecule has 0 spiro atoms. The third-order valence-corrected chi connectivity index (χ3v) is 10.2. The first-order valence-corrected chi connectivity index (χ1v) is 23.4. The molecule has 0 aromatic heterocycles. The van der Waals surface area contributed by atoms with Gasteiger partial charge in [0.25, 0.3) is 0 Å². The third-order valence-electron chi connectivity index (χ3n) is 10.2. The van der Waals surface area contributed by atoms with Crippen LogP contribution >= 0.6 is 0 Å². The molecule has 0 aromatic rings. The number of unbranched alkanes of at least 4 members (excludes halogenated alkanes) is 19. The van der Waals surface area contributed by atoms with Crippen molar-refractivity contribution < 1.29 is 9.53 Å². The van der Waals surface area contributed by atoms with E-state index >= 15 is 0 Å². The van der Waals surface area contributed by atoms with Crippen molar-refractivity contribution in [2.24, 2.45) is 0 Å². The fourth-order valence-corrected chi connectivity index (χ4v) is 6.76. The Bertz CT molecular complexity index is 918. The van der Waals surface area contributed by atoms with E-state index in [1.165, 1.54) is 128 Å². The summed E-state index contributed by atoms with van der Waals surface area (Å²) in [6.45, 7) is 9.24. The Kier molecular flexibility index (Phi) is 42.0. The number of nitrogens with zero attached hydrogens (tertiary/aromatic N) is 2. The summed E-state index contributed by atoms with van der Waals surface area (Å²) in [5.74, 6) is 0. The molecule has 0 aliphatic rings. The molecule has 1 amide bonds. The molecule has 0 aliphatic carbocycles. The van der Waals surface area contributed by atoms with Gasteiger partial charge in [0.15, 0.2) is 0 Å². The zero-order chi connectivity index (χ0) is 39.4. The van der Waals surface area contributed by atoms with Crippen LogP contribution in [0.1, 0.15) is 213 Å². The van der Waals surface area contributed by atoms with Gasteiger partial charge >= 0.3 is 6.09 Å². The van der Waals surface area contributed by atoms with Crippen molar-refractivity contribution in [3.8, 4) is 0 Å². The first-order chi connectivity index (χ1) is 26.5. The van der Waals surface area contributed by atoms with Crippen LogP contribution in [0.4, 0.5) is 4.79 Å². The lowest BCUT2D eigenvalue weighted by atomic mass is 10.0. The number of rotatable bonds is 40. The molecule has 0 N–H and O–H groups in total. The predicted octanol–water partition coefficient (Wildman–Crippen LogP) is 15.9. The Morgan fingerprint density at radius 2 is 0.833 bits per heavy atom. The zero-order valence-electron chi connectivity index (χ0n) is 36.9. The van der Waals surface area contributed by atoms with Crippen LogP contribution in [0.15, 0.2) is 60.8 Å². The Labute approximate surface area is 338 Å². The lowest BCUT2D eigenvalue weighted by Gasteiger charge is -2.26. The van der Waals surface area contributed by atoms with Gasteiger partial charge in [0.1, 0.15) is 6.10 Å². The average molecular weight is 753 g/mol. The first kappa shape index (κ1) is 51.9. The van der Waals surface area contributed by atoms with Gasteiger partial charge in [-0.3, -0.25) is 0 Å². The predicted molar refractivity (Wildman–Crippen MR) is 242 cm³/mol. The van der Waals surface area contributed by atoms with Gasteiger partial charge in [0.2, 0.25) is 0 Å². The van der Waals surface area contributed by atoms with Crippen LogP contribution in [-0.4, -0.2) is 55.7 Å². The molecule has 0 radical (unpaired) electrons. The van der Waals surface area contributed by atoms with Gasteiger partial charge < -0.3 is 14.5 Å². The maximum Gasteiger partial charge on any atom is 0.410 e. The van der Waals surface area contributed by atoms with Crippen LogP contribution < -0.4 is 0 Å². The van der Waals surface area contributed by atoms with Crippen molar-refractivity contribution >= 4 is 6.09 Å². The van der Waals surface area contributed by atoms with Crippen LogP contribution in [0.2, 0.25) is 0 Å². The second-order valence-corrected chi connectivity index (χ2v) is 15.9. The molecule has 0 fully saturated rings. The Hall–Kier alpha value is -2.07. The summed E-state index contributed by atoms with van der Waals surface area (Å²) < 4.78 is 6.33. The summed E-state index contributed by atoms with van der Waals surface area (Å²) in [5, 5.41) is 0. The second kappa shape index (κ2) is 43.7. The number of carbonyl (C=O) groups is 1. The van der Waals surface area contributed by atoms with Crippen LogP contribution in [0.3, 0.4) is 0 Å². The monoisotopic (exact) mass is 753 g/mol. The van der Waals surface area contributed by atoms with Gasteiger partial charge in [-0.2, -0.15) is 0 Å². The molecule has 0 heterocycles. The third kappa shape index (κ3) is 39.6. The molecule has 0 bridgehead atoms. The highest BCUT2D eigenvalue weighted by atomic mass is 16.6. The standard InChI is InChI=1S/C50H92N2O2/c1-6-9-12-15-17-19-21-23-25-26-28-30-32-34-36-38-41-45-49(44-40-37-35-33-31-29-27-24-22-20-18-16-13-10-7-2)54-50(53)52(48-43-46-51(4)5)47-42-39-14-11-8-3/h11,14,17-20,23-25,27,49H,6-10,12-13,15-16,21-22,26,28-48H2,1-5H3/b14-11-,19-17-,20-18-,25-23-,27-24-. The molecule has 1 unspecified atom stereocenters. The second-order valence-electron chi connectivity index (χ2n) is 15.9. The summed E-state index contributed by atoms with van der Waals surface area (Å²) in [6.07, 6.45) is 59.5. The van der Waals surface area contributed by atoms with Crippen molar-refractivity contribution in [2.45, 2.75) is 219 Å². The van der Waals surface area contributed by atoms with E-state index in [4.69, 9.17) is 4.74 Å². The van der Waals surface area contributed by atoms with Crippen LogP contribution in [0.5, 0.6) is 0 Å². The van der Waals surface area contributed by atoms with Gasteiger partial charge in [-0.25, -0.2) is 4.79 Å². The van der Waals surface area contributed by atoms with E-state index in [0.29, 0.717) is 0 Å². The molecule has 0 aromatic carbocycles. The number of carbonyl (C=O) groups excluding carboxylic acids is 1. The smallest absolute Gasteiger partial charge is 0.410 e. The summed E-state index contributed by atoms with van der Waals surface area (Å²) in [6, 6.07) is 0. The number of allylic oxidation sites excluding steroid dienone is 10. The molecule has 4 nitrogen and oxygen atoms in total. The Balaban J connectivity index is 4.62.